The number of benzene rings is 1. The average molecular weight is 313 g/mol. The van der Waals surface area contributed by atoms with Crippen molar-refractivity contribution in [1.29, 1.82) is 0 Å². The predicted octanol–water partition coefficient (Wildman–Crippen LogP) is 3.29. The summed E-state index contributed by atoms with van der Waals surface area (Å²) in [6.07, 6.45) is -0.580. The van der Waals surface area contributed by atoms with Gasteiger partial charge in [0.1, 0.15) is 16.0 Å². The number of ether oxygens (including phenoxy) is 1. The van der Waals surface area contributed by atoms with E-state index in [2.05, 4.69) is 21.0 Å². The number of hydrogen-bond acceptors (Lipinski definition) is 4. The predicted molar refractivity (Wildman–Crippen MR) is 70.7 cm³/mol. The van der Waals surface area contributed by atoms with Crippen LogP contribution in [0, 0.1) is 0 Å². The molecule has 1 N–H and O–H groups in total. The van der Waals surface area contributed by atoms with Crippen LogP contribution >= 0.6 is 15.9 Å². The Hall–Kier alpha value is -1.56. The van der Waals surface area contributed by atoms with E-state index >= 15 is 0 Å². The number of phenols is 1. The highest BCUT2D eigenvalue weighted by Gasteiger charge is 2.21. The van der Waals surface area contributed by atoms with Gasteiger partial charge in [-0.15, -0.1) is 0 Å². The fourth-order valence-electron chi connectivity index (χ4n) is 1.51. The molecular formula is C12H13BrN2O3. The lowest BCUT2D eigenvalue weighted by Crippen LogP contribution is -2.27. The van der Waals surface area contributed by atoms with Crippen LogP contribution in [-0.2, 0) is 4.74 Å². The van der Waals surface area contributed by atoms with Gasteiger partial charge in [-0.05, 0) is 48.8 Å². The summed E-state index contributed by atoms with van der Waals surface area (Å²) in [7, 11) is 0. The minimum atomic E-state index is -0.599. The maximum atomic E-state index is 12.0. The summed E-state index contributed by atoms with van der Waals surface area (Å²) in [5, 5.41) is 14.3. The lowest BCUT2D eigenvalue weighted by Gasteiger charge is -2.19. The number of fused-ring (bicyclic) bond motifs is 1. The molecule has 0 saturated heterocycles. The average Bonchev–Trinajstić information content (AvgIpc) is 2.53. The van der Waals surface area contributed by atoms with Crippen LogP contribution < -0.4 is 0 Å². The van der Waals surface area contributed by atoms with Crippen LogP contribution in [0.3, 0.4) is 0 Å². The number of halogens is 1. The molecule has 0 radical (unpaired) electrons. The fraction of sp³-hybridized carbons (Fsp3) is 0.333. The van der Waals surface area contributed by atoms with E-state index in [4.69, 9.17) is 4.74 Å². The van der Waals surface area contributed by atoms with Gasteiger partial charge in [-0.1, -0.05) is 0 Å². The Labute approximate surface area is 112 Å². The summed E-state index contributed by atoms with van der Waals surface area (Å²) >= 11 is 3.27. The number of phenolic OH excluding ortho intramolecular Hbond substituents is 1. The number of carbonyl (C=O) groups excluding carboxylic acids is 1. The van der Waals surface area contributed by atoms with E-state index in [-0.39, 0.29) is 5.75 Å². The van der Waals surface area contributed by atoms with E-state index in [0.29, 0.717) is 10.1 Å². The molecule has 5 nitrogen and oxygen atoms in total. The molecule has 96 valence electrons. The maximum absolute atomic E-state index is 12.0. The van der Waals surface area contributed by atoms with Crippen molar-refractivity contribution >= 4 is 32.9 Å². The molecule has 1 aromatic carbocycles. The monoisotopic (exact) mass is 312 g/mol. The van der Waals surface area contributed by atoms with E-state index in [1.165, 1.54) is 12.1 Å². The minimum Gasteiger partial charge on any atom is -0.508 e. The molecule has 0 atom stereocenters. The lowest BCUT2D eigenvalue weighted by atomic mass is 10.2. The van der Waals surface area contributed by atoms with Crippen molar-refractivity contribution in [1.82, 2.24) is 9.78 Å². The Bertz CT molecular complexity index is 614. The Morgan fingerprint density at radius 3 is 2.72 bits per heavy atom. The SMILES string of the molecule is CC(C)(C)OC(=O)n1nc(Br)c2ccc(O)cc21. The third kappa shape index (κ3) is 2.48. The first-order chi connectivity index (χ1) is 8.28. The molecule has 1 aromatic heterocycles. The van der Waals surface area contributed by atoms with E-state index in [1.54, 1.807) is 26.8 Å². The summed E-state index contributed by atoms with van der Waals surface area (Å²) in [5.74, 6) is 0.0692. The van der Waals surface area contributed by atoms with Crippen molar-refractivity contribution in [2.75, 3.05) is 0 Å². The smallest absolute Gasteiger partial charge is 0.435 e. The molecule has 0 aliphatic heterocycles. The topological polar surface area (TPSA) is 64.4 Å². The van der Waals surface area contributed by atoms with Gasteiger partial charge in [0.05, 0.1) is 5.52 Å². The van der Waals surface area contributed by atoms with Crippen molar-refractivity contribution in [2.45, 2.75) is 26.4 Å². The third-order valence-electron chi connectivity index (χ3n) is 2.19. The molecule has 0 aliphatic carbocycles. The molecule has 0 fully saturated rings. The van der Waals surface area contributed by atoms with Gasteiger partial charge >= 0.3 is 6.09 Å². The molecule has 18 heavy (non-hydrogen) atoms. The van der Waals surface area contributed by atoms with Crippen molar-refractivity contribution in [2.24, 2.45) is 0 Å². The van der Waals surface area contributed by atoms with Gasteiger partial charge in [-0.3, -0.25) is 0 Å². The molecular weight excluding hydrogens is 300 g/mol. The van der Waals surface area contributed by atoms with Crippen LogP contribution in [0.2, 0.25) is 0 Å². The number of nitrogens with zero attached hydrogens (tertiary/aromatic N) is 2. The largest absolute Gasteiger partial charge is 0.508 e. The molecule has 0 spiro atoms. The normalized spacial score (nSPS) is 11.8. The number of carbonyl (C=O) groups is 1. The maximum Gasteiger partial charge on any atom is 0.435 e. The van der Waals surface area contributed by atoms with Crippen molar-refractivity contribution in [3.8, 4) is 5.75 Å². The second kappa shape index (κ2) is 4.28. The highest BCUT2D eigenvalue weighted by atomic mass is 79.9. The number of rotatable bonds is 0. The minimum absolute atomic E-state index is 0.0692. The Morgan fingerprint density at radius 2 is 2.11 bits per heavy atom. The van der Waals surface area contributed by atoms with Gasteiger partial charge in [-0.2, -0.15) is 9.78 Å². The van der Waals surface area contributed by atoms with Crippen LogP contribution in [0.5, 0.6) is 5.75 Å². The van der Waals surface area contributed by atoms with Crippen LogP contribution in [0.4, 0.5) is 4.79 Å². The van der Waals surface area contributed by atoms with Gasteiger partial charge in [0.25, 0.3) is 0 Å². The van der Waals surface area contributed by atoms with Crippen LogP contribution in [0.1, 0.15) is 20.8 Å². The summed E-state index contributed by atoms with van der Waals surface area (Å²) in [6.45, 7) is 5.34. The quantitative estimate of drug-likeness (QED) is 0.810. The molecule has 0 saturated carbocycles. The van der Waals surface area contributed by atoms with Crippen molar-refractivity contribution in [3.63, 3.8) is 0 Å². The van der Waals surface area contributed by atoms with Gasteiger partial charge in [0.15, 0.2) is 0 Å². The second-order valence-corrected chi connectivity index (χ2v) is 5.64. The van der Waals surface area contributed by atoms with Gasteiger partial charge in [0, 0.05) is 11.5 Å². The molecule has 1 heterocycles. The first-order valence-corrected chi connectivity index (χ1v) is 6.18. The van der Waals surface area contributed by atoms with E-state index in [0.717, 1.165) is 10.1 Å². The van der Waals surface area contributed by atoms with Crippen molar-refractivity contribution in [3.05, 3.63) is 22.8 Å². The zero-order chi connectivity index (χ0) is 13.5. The van der Waals surface area contributed by atoms with Gasteiger partial charge < -0.3 is 9.84 Å². The highest BCUT2D eigenvalue weighted by Crippen LogP contribution is 2.27. The number of hydrogen-bond donors (Lipinski definition) is 1. The van der Waals surface area contributed by atoms with Crippen LogP contribution in [0.15, 0.2) is 22.8 Å². The molecule has 2 rings (SSSR count). The molecule has 0 aliphatic rings. The fourth-order valence-corrected chi connectivity index (χ4v) is 2.00. The molecule has 6 heteroatoms. The Kier molecular flexibility index (Phi) is 3.06. The summed E-state index contributed by atoms with van der Waals surface area (Å²) in [5.41, 5.74) is -0.102. The number of aromatic nitrogens is 2. The van der Waals surface area contributed by atoms with Gasteiger partial charge in [0.2, 0.25) is 0 Å². The second-order valence-electron chi connectivity index (χ2n) is 4.88. The summed E-state index contributed by atoms with van der Waals surface area (Å²) in [6, 6.07) is 4.69. The van der Waals surface area contributed by atoms with Gasteiger partial charge in [-0.25, -0.2) is 4.79 Å². The van der Waals surface area contributed by atoms with E-state index in [9.17, 15) is 9.90 Å². The first kappa shape index (κ1) is 12.9. The Morgan fingerprint density at radius 1 is 1.44 bits per heavy atom. The molecule has 2 aromatic rings. The molecule has 0 unspecified atom stereocenters. The van der Waals surface area contributed by atoms with E-state index < -0.39 is 11.7 Å². The standard InChI is InChI=1S/C12H13BrN2O3/c1-12(2,3)18-11(17)15-9-6-7(16)4-5-8(9)10(13)14-15/h4-6,16H,1-3H3. The van der Waals surface area contributed by atoms with Crippen LogP contribution in [-0.4, -0.2) is 26.6 Å². The summed E-state index contributed by atoms with van der Waals surface area (Å²) in [4.78, 5) is 12.0. The van der Waals surface area contributed by atoms with E-state index in [1.807, 2.05) is 0 Å². The number of aromatic hydroxyl groups is 1. The molecule has 0 amide bonds. The molecule has 0 bridgehead atoms. The zero-order valence-corrected chi connectivity index (χ0v) is 11.9. The van der Waals surface area contributed by atoms with Crippen LogP contribution in [0.25, 0.3) is 10.9 Å². The first-order valence-electron chi connectivity index (χ1n) is 5.38. The zero-order valence-electron chi connectivity index (χ0n) is 10.3. The van der Waals surface area contributed by atoms with Crippen molar-refractivity contribution < 1.29 is 14.6 Å². The Balaban J connectivity index is 2.51. The highest BCUT2D eigenvalue weighted by molar-refractivity contribution is 9.10. The lowest BCUT2D eigenvalue weighted by molar-refractivity contribution is 0.0522. The third-order valence-corrected chi connectivity index (χ3v) is 2.77. The summed E-state index contributed by atoms with van der Waals surface area (Å²) < 4.78 is 6.90.